The van der Waals surface area contributed by atoms with Gasteiger partial charge in [-0.05, 0) is 6.42 Å². The molecular weight excluding hydrogens is 224 g/mol. The number of aromatic nitrogens is 2. The Morgan fingerprint density at radius 1 is 1.59 bits per heavy atom. The first-order chi connectivity index (χ1) is 8.20. The number of amides is 1. The molecular formula is C10H18N4O3. The van der Waals surface area contributed by atoms with Crippen molar-refractivity contribution in [1.29, 1.82) is 0 Å². The first-order valence-electron chi connectivity index (χ1n) is 5.50. The summed E-state index contributed by atoms with van der Waals surface area (Å²) in [7, 11) is 0. The number of nitrogens with one attached hydrogen (secondary N) is 2. The van der Waals surface area contributed by atoms with E-state index in [0.29, 0.717) is 25.3 Å². The van der Waals surface area contributed by atoms with Crippen molar-refractivity contribution in [3.05, 3.63) is 11.4 Å². The summed E-state index contributed by atoms with van der Waals surface area (Å²) in [5.41, 5.74) is 7.11. The molecule has 0 aromatic carbocycles. The standard InChI is InChI=1S/C10H18N4O3/c1-2-7-8(11)9(14-13-7)10(16)12-3-5-17-6-4-15/h15H,2-6,11H2,1H3,(H,12,16)(H,13,14). The molecule has 0 aliphatic heterocycles. The highest BCUT2D eigenvalue weighted by Crippen LogP contribution is 2.13. The zero-order valence-corrected chi connectivity index (χ0v) is 9.82. The fourth-order valence-corrected chi connectivity index (χ4v) is 1.32. The number of hydrogen-bond donors (Lipinski definition) is 4. The van der Waals surface area contributed by atoms with Gasteiger partial charge in [-0.2, -0.15) is 5.10 Å². The maximum Gasteiger partial charge on any atom is 0.274 e. The molecule has 0 unspecified atom stereocenters. The fraction of sp³-hybridized carbons (Fsp3) is 0.600. The Kier molecular flexibility index (Phi) is 5.44. The molecule has 17 heavy (non-hydrogen) atoms. The van der Waals surface area contributed by atoms with Crippen LogP contribution in [0.1, 0.15) is 23.1 Å². The molecule has 0 saturated carbocycles. The molecule has 5 N–H and O–H groups in total. The predicted molar refractivity (Wildman–Crippen MR) is 62.6 cm³/mol. The van der Waals surface area contributed by atoms with Crippen LogP contribution in [0.2, 0.25) is 0 Å². The van der Waals surface area contributed by atoms with Crippen LogP contribution in [0.5, 0.6) is 0 Å². The molecule has 0 radical (unpaired) electrons. The fourth-order valence-electron chi connectivity index (χ4n) is 1.32. The van der Waals surface area contributed by atoms with E-state index in [1.54, 1.807) is 0 Å². The zero-order chi connectivity index (χ0) is 12.7. The van der Waals surface area contributed by atoms with Crippen LogP contribution in [-0.2, 0) is 11.2 Å². The number of aromatic amines is 1. The Labute approximate surface area is 99.3 Å². The summed E-state index contributed by atoms with van der Waals surface area (Å²) in [6.45, 7) is 2.86. The van der Waals surface area contributed by atoms with E-state index in [1.807, 2.05) is 6.92 Å². The first-order valence-corrected chi connectivity index (χ1v) is 5.50. The maximum atomic E-state index is 11.6. The van der Waals surface area contributed by atoms with Crippen LogP contribution in [0.4, 0.5) is 5.69 Å². The van der Waals surface area contributed by atoms with Gasteiger partial charge in [0.05, 0.1) is 31.2 Å². The summed E-state index contributed by atoms with van der Waals surface area (Å²) in [6, 6.07) is 0. The number of ether oxygens (including phenoxy) is 1. The van der Waals surface area contributed by atoms with Gasteiger partial charge in [0.1, 0.15) is 0 Å². The van der Waals surface area contributed by atoms with Crippen LogP contribution < -0.4 is 11.1 Å². The van der Waals surface area contributed by atoms with Gasteiger partial charge in [-0.25, -0.2) is 0 Å². The smallest absolute Gasteiger partial charge is 0.274 e. The van der Waals surface area contributed by atoms with Gasteiger partial charge < -0.3 is 20.9 Å². The summed E-state index contributed by atoms with van der Waals surface area (Å²) in [5.74, 6) is -0.328. The number of aliphatic hydroxyl groups excluding tert-OH is 1. The van der Waals surface area contributed by atoms with Crippen molar-refractivity contribution in [2.24, 2.45) is 0 Å². The Bertz CT molecular complexity index is 364. The van der Waals surface area contributed by atoms with Gasteiger partial charge in [0.25, 0.3) is 5.91 Å². The molecule has 0 bridgehead atoms. The van der Waals surface area contributed by atoms with Crippen LogP contribution in [0.3, 0.4) is 0 Å². The number of H-pyrrole nitrogens is 1. The van der Waals surface area contributed by atoms with Gasteiger partial charge in [-0.15, -0.1) is 0 Å². The van der Waals surface area contributed by atoms with Crippen LogP contribution in [-0.4, -0.2) is 47.6 Å². The quantitative estimate of drug-likeness (QED) is 0.472. The van der Waals surface area contributed by atoms with E-state index in [0.717, 1.165) is 5.69 Å². The van der Waals surface area contributed by atoms with Crippen molar-refractivity contribution in [2.45, 2.75) is 13.3 Å². The highest BCUT2D eigenvalue weighted by molar-refractivity contribution is 5.97. The summed E-state index contributed by atoms with van der Waals surface area (Å²) in [4.78, 5) is 11.6. The van der Waals surface area contributed by atoms with Crippen molar-refractivity contribution in [1.82, 2.24) is 15.5 Å². The third-order valence-corrected chi connectivity index (χ3v) is 2.22. The topological polar surface area (TPSA) is 113 Å². The minimum absolute atomic E-state index is 0.0277. The van der Waals surface area contributed by atoms with Crippen molar-refractivity contribution in [3.63, 3.8) is 0 Å². The number of rotatable bonds is 7. The summed E-state index contributed by atoms with van der Waals surface area (Å²) in [5, 5.41) is 17.7. The Balaban J connectivity index is 2.39. The molecule has 1 rings (SSSR count). The third-order valence-electron chi connectivity index (χ3n) is 2.22. The molecule has 1 amide bonds. The molecule has 0 fully saturated rings. The SMILES string of the molecule is CCc1[nH]nc(C(=O)NCCOCCO)c1N. The van der Waals surface area contributed by atoms with Crippen molar-refractivity contribution in [2.75, 3.05) is 32.1 Å². The number of carbonyl (C=O) groups excluding carboxylic acids is 1. The van der Waals surface area contributed by atoms with Gasteiger partial charge >= 0.3 is 0 Å². The van der Waals surface area contributed by atoms with Gasteiger partial charge in [0.15, 0.2) is 5.69 Å². The second kappa shape index (κ2) is 6.87. The number of nitrogen functional groups attached to an aromatic ring is 1. The Morgan fingerprint density at radius 3 is 2.94 bits per heavy atom. The molecule has 0 saturated heterocycles. The predicted octanol–water partition coefficient (Wildman–Crippen LogP) is -0.707. The molecule has 0 aliphatic rings. The summed E-state index contributed by atoms with van der Waals surface area (Å²) < 4.78 is 5.00. The average molecular weight is 242 g/mol. The monoisotopic (exact) mass is 242 g/mol. The number of nitrogens with zero attached hydrogens (tertiary/aromatic N) is 1. The zero-order valence-electron chi connectivity index (χ0n) is 9.82. The van der Waals surface area contributed by atoms with Crippen molar-refractivity contribution in [3.8, 4) is 0 Å². The van der Waals surface area contributed by atoms with E-state index >= 15 is 0 Å². The highest BCUT2D eigenvalue weighted by atomic mass is 16.5. The van der Waals surface area contributed by atoms with Gasteiger partial charge in [0, 0.05) is 6.54 Å². The number of hydrogen-bond acceptors (Lipinski definition) is 5. The molecule has 0 atom stereocenters. The van der Waals surface area contributed by atoms with Crippen LogP contribution >= 0.6 is 0 Å². The van der Waals surface area contributed by atoms with Crippen LogP contribution in [0.15, 0.2) is 0 Å². The molecule has 1 aromatic rings. The minimum Gasteiger partial charge on any atom is -0.395 e. The first kappa shape index (κ1) is 13.5. The van der Waals surface area contributed by atoms with E-state index in [9.17, 15) is 4.79 Å². The lowest BCUT2D eigenvalue weighted by molar-refractivity contribution is 0.0835. The van der Waals surface area contributed by atoms with Gasteiger partial charge in [-0.1, -0.05) is 6.92 Å². The number of nitrogens with two attached hydrogens (primary N) is 1. The van der Waals surface area contributed by atoms with Gasteiger partial charge in [-0.3, -0.25) is 9.89 Å². The molecule has 7 heteroatoms. The third kappa shape index (κ3) is 3.72. The van der Waals surface area contributed by atoms with Crippen molar-refractivity contribution < 1.29 is 14.6 Å². The highest BCUT2D eigenvalue weighted by Gasteiger charge is 2.15. The number of anilines is 1. The largest absolute Gasteiger partial charge is 0.395 e. The summed E-state index contributed by atoms with van der Waals surface area (Å²) >= 11 is 0. The minimum atomic E-state index is -0.328. The molecule has 0 aliphatic carbocycles. The Hall–Kier alpha value is -1.60. The number of aryl methyl sites for hydroxylation is 1. The normalized spacial score (nSPS) is 10.5. The van der Waals surface area contributed by atoms with E-state index in [1.165, 1.54) is 0 Å². The van der Waals surface area contributed by atoms with Gasteiger partial charge in [0.2, 0.25) is 0 Å². The molecule has 1 heterocycles. The number of carbonyl (C=O) groups is 1. The molecule has 96 valence electrons. The second-order valence-electron chi connectivity index (χ2n) is 3.41. The maximum absolute atomic E-state index is 11.6. The Morgan fingerprint density at radius 2 is 2.35 bits per heavy atom. The van der Waals surface area contributed by atoms with Crippen molar-refractivity contribution >= 4 is 11.6 Å². The van der Waals surface area contributed by atoms with E-state index in [4.69, 9.17) is 15.6 Å². The lowest BCUT2D eigenvalue weighted by atomic mass is 10.2. The molecule has 0 spiro atoms. The number of aliphatic hydroxyl groups is 1. The van der Waals surface area contributed by atoms with E-state index < -0.39 is 0 Å². The lowest BCUT2D eigenvalue weighted by Crippen LogP contribution is -2.28. The van der Waals surface area contributed by atoms with E-state index in [-0.39, 0.29) is 24.8 Å². The van der Waals surface area contributed by atoms with E-state index in [2.05, 4.69) is 15.5 Å². The average Bonchev–Trinajstić information content (AvgIpc) is 2.70. The molecule has 1 aromatic heterocycles. The van der Waals surface area contributed by atoms with Crippen LogP contribution in [0, 0.1) is 0 Å². The van der Waals surface area contributed by atoms with Crippen LogP contribution in [0.25, 0.3) is 0 Å². The summed E-state index contributed by atoms with van der Waals surface area (Å²) in [6.07, 6.45) is 0.700. The lowest BCUT2D eigenvalue weighted by Gasteiger charge is -2.04. The molecule has 7 nitrogen and oxygen atoms in total. The second-order valence-corrected chi connectivity index (χ2v) is 3.41.